The van der Waals surface area contributed by atoms with Gasteiger partial charge in [0.25, 0.3) is 11.8 Å². The molecule has 176 valence electrons. The van der Waals surface area contributed by atoms with E-state index in [9.17, 15) is 14.4 Å². The molecule has 3 aromatic rings. The summed E-state index contributed by atoms with van der Waals surface area (Å²) < 4.78 is 15.9. The SMILES string of the molecule is CCOc1ccc(OCC(=O)Nc2ccccc2CNC(=O)c2cccc(OC(C)=O)c2)cc1. The topological polar surface area (TPSA) is 103 Å². The summed E-state index contributed by atoms with van der Waals surface area (Å²) in [6.07, 6.45) is 0. The fraction of sp³-hybridized carbons (Fsp3) is 0.192. The maximum atomic E-state index is 12.5. The lowest BCUT2D eigenvalue weighted by Gasteiger charge is -2.13. The maximum Gasteiger partial charge on any atom is 0.308 e. The Balaban J connectivity index is 1.55. The van der Waals surface area contributed by atoms with E-state index in [-0.39, 0.29) is 25.0 Å². The van der Waals surface area contributed by atoms with Gasteiger partial charge in [-0.1, -0.05) is 24.3 Å². The zero-order valence-corrected chi connectivity index (χ0v) is 19.0. The van der Waals surface area contributed by atoms with Crippen LogP contribution in [0.2, 0.25) is 0 Å². The van der Waals surface area contributed by atoms with E-state index in [1.807, 2.05) is 13.0 Å². The second-order valence-corrected chi connectivity index (χ2v) is 7.20. The van der Waals surface area contributed by atoms with Crippen molar-refractivity contribution in [2.45, 2.75) is 20.4 Å². The average molecular weight is 463 g/mol. The summed E-state index contributed by atoms with van der Waals surface area (Å²) in [5, 5.41) is 5.62. The highest BCUT2D eigenvalue weighted by atomic mass is 16.5. The molecule has 0 aromatic heterocycles. The Morgan fingerprint density at radius 2 is 1.53 bits per heavy atom. The van der Waals surface area contributed by atoms with Gasteiger partial charge in [-0.3, -0.25) is 14.4 Å². The molecule has 0 fully saturated rings. The number of nitrogens with one attached hydrogen (secondary N) is 2. The zero-order valence-electron chi connectivity index (χ0n) is 19.0. The molecule has 2 N–H and O–H groups in total. The number of hydrogen-bond acceptors (Lipinski definition) is 6. The molecular weight excluding hydrogens is 436 g/mol. The number of esters is 1. The number of hydrogen-bond donors (Lipinski definition) is 2. The van der Waals surface area contributed by atoms with Crippen LogP contribution in [0.25, 0.3) is 0 Å². The Morgan fingerprint density at radius 3 is 2.24 bits per heavy atom. The molecule has 0 saturated heterocycles. The third-order valence-electron chi connectivity index (χ3n) is 4.59. The van der Waals surface area contributed by atoms with Crippen molar-refractivity contribution in [2.24, 2.45) is 0 Å². The van der Waals surface area contributed by atoms with Crippen molar-refractivity contribution in [3.63, 3.8) is 0 Å². The smallest absolute Gasteiger partial charge is 0.308 e. The third kappa shape index (κ3) is 7.37. The molecule has 0 heterocycles. The van der Waals surface area contributed by atoms with E-state index in [1.165, 1.54) is 13.0 Å². The van der Waals surface area contributed by atoms with Crippen molar-refractivity contribution < 1.29 is 28.6 Å². The van der Waals surface area contributed by atoms with Gasteiger partial charge in [0.15, 0.2) is 6.61 Å². The van der Waals surface area contributed by atoms with Crippen molar-refractivity contribution in [2.75, 3.05) is 18.5 Å². The van der Waals surface area contributed by atoms with E-state index in [4.69, 9.17) is 14.2 Å². The van der Waals surface area contributed by atoms with Gasteiger partial charge >= 0.3 is 5.97 Å². The summed E-state index contributed by atoms with van der Waals surface area (Å²) in [7, 11) is 0. The molecule has 0 aliphatic carbocycles. The van der Waals surface area contributed by atoms with Crippen LogP contribution in [0, 0.1) is 0 Å². The molecular formula is C26H26N2O6. The van der Waals surface area contributed by atoms with Crippen LogP contribution in [0.1, 0.15) is 29.8 Å². The molecule has 0 unspecified atom stereocenters. The quantitative estimate of drug-likeness (QED) is 0.349. The van der Waals surface area contributed by atoms with Gasteiger partial charge in [-0.15, -0.1) is 0 Å². The Morgan fingerprint density at radius 1 is 0.824 bits per heavy atom. The Hall–Kier alpha value is -4.33. The van der Waals surface area contributed by atoms with Gasteiger partial charge in [-0.2, -0.15) is 0 Å². The van der Waals surface area contributed by atoms with Crippen LogP contribution in [0.15, 0.2) is 72.8 Å². The molecule has 0 saturated carbocycles. The summed E-state index contributed by atoms with van der Waals surface area (Å²) in [5.41, 5.74) is 1.64. The maximum absolute atomic E-state index is 12.5. The molecule has 34 heavy (non-hydrogen) atoms. The minimum Gasteiger partial charge on any atom is -0.494 e. The van der Waals surface area contributed by atoms with Gasteiger partial charge in [-0.25, -0.2) is 0 Å². The Bertz CT molecular complexity index is 1140. The molecule has 3 aromatic carbocycles. The van der Waals surface area contributed by atoms with Crippen molar-refractivity contribution in [1.82, 2.24) is 5.32 Å². The number of carbonyl (C=O) groups excluding carboxylic acids is 3. The van der Waals surface area contributed by atoms with Crippen LogP contribution >= 0.6 is 0 Å². The molecule has 3 rings (SSSR count). The van der Waals surface area contributed by atoms with E-state index < -0.39 is 5.97 Å². The fourth-order valence-corrected chi connectivity index (χ4v) is 3.07. The van der Waals surface area contributed by atoms with Gasteiger partial charge in [0.2, 0.25) is 0 Å². The first-order valence-electron chi connectivity index (χ1n) is 10.7. The summed E-state index contributed by atoms with van der Waals surface area (Å²) >= 11 is 0. The van der Waals surface area contributed by atoms with Crippen LogP contribution < -0.4 is 24.8 Å². The minimum atomic E-state index is -0.464. The number of ether oxygens (including phenoxy) is 3. The van der Waals surface area contributed by atoms with E-state index in [1.54, 1.807) is 60.7 Å². The summed E-state index contributed by atoms with van der Waals surface area (Å²) in [4.78, 5) is 36.1. The predicted molar refractivity (Wildman–Crippen MR) is 127 cm³/mol. The molecule has 0 bridgehead atoms. The van der Waals surface area contributed by atoms with Crippen LogP contribution in [-0.4, -0.2) is 31.0 Å². The third-order valence-corrected chi connectivity index (χ3v) is 4.59. The summed E-state index contributed by atoms with van der Waals surface area (Å²) in [6.45, 7) is 3.79. The standard InChI is InChI=1S/C26H26N2O6/c1-3-32-21-11-13-22(14-12-21)33-17-25(30)28-24-10-5-4-7-20(24)16-27-26(31)19-8-6-9-23(15-19)34-18(2)29/h4-15H,3,16-17H2,1-2H3,(H,27,31)(H,28,30). The number of anilines is 1. The van der Waals surface area contributed by atoms with Crippen molar-refractivity contribution in [3.05, 3.63) is 83.9 Å². The minimum absolute atomic E-state index is 0.169. The normalized spacial score (nSPS) is 10.2. The molecule has 8 heteroatoms. The van der Waals surface area contributed by atoms with Gasteiger partial charge in [0.1, 0.15) is 17.2 Å². The molecule has 2 amide bonds. The van der Waals surface area contributed by atoms with Gasteiger partial charge < -0.3 is 24.8 Å². The number of benzene rings is 3. The molecule has 0 aliphatic heterocycles. The van der Waals surface area contributed by atoms with E-state index in [2.05, 4.69) is 10.6 Å². The van der Waals surface area contributed by atoms with Crippen molar-refractivity contribution >= 4 is 23.5 Å². The lowest BCUT2D eigenvalue weighted by atomic mass is 10.1. The highest BCUT2D eigenvalue weighted by Gasteiger charge is 2.11. The second-order valence-electron chi connectivity index (χ2n) is 7.20. The lowest BCUT2D eigenvalue weighted by molar-refractivity contribution is -0.131. The average Bonchev–Trinajstić information content (AvgIpc) is 2.83. The molecule has 8 nitrogen and oxygen atoms in total. The molecule has 0 spiro atoms. The number of rotatable bonds is 10. The first-order chi connectivity index (χ1) is 16.4. The number of para-hydroxylation sites is 1. The summed E-state index contributed by atoms with van der Waals surface area (Å²) in [6, 6.07) is 20.5. The van der Waals surface area contributed by atoms with Crippen LogP contribution in [0.4, 0.5) is 5.69 Å². The van der Waals surface area contributed by atoms with Crippen LogP contribution in [0.5, 0.6) is 17.2 Å². The van der Waals surface area contributed by atoms with Crippen LogP contribution in [0.3, 0.4) is 0 Å². The Labute approximate surface area is 197 Å². The largest absolute Gasteiger partial charge is 0.494 e. The summed E-state index contributed by atoms with van der Waals surface area (Å²) in [5.74, 6) is 0.438. The number of carbonyl (C=O) groups is 3. The first kappa shape index (κ1) is 24.3. The number of amides is 2. The van der Waals surface area contributed by atoms with Gasteiger partial charge in [0.05, 0.1) is 6.61 Å². The second kappa shape index (κ2) is 12.1. The van der Waals surface area contributed by atoms with E-state index in [0.717, 1.165) is 11.3 Å². The Kier molecular flexibility index (Phi) is 8.62. The van der Waals surface area contributed by atoms with E-state index >= 15 is 0 Å². The highest BCUT2D eigenvalue weighted by molar-refractivity contribution is 5.95. The monoisotopic (exact) mass is 462 g/mol. The van der Waals surface area contributed by atoms with Crippen molar-refractivity contribution in [1.29, 1.82) is 0 Å². The van der Waals surface area contributed by atoms with Crippen molar-refractivity contribution in [3.8, 4) is 17.2 Å². The molecule has 0 aliphatic rings. The van der Waals surface area contributed by atoms with Crippen LogP contribution in [-0.2, 0) is 16.1 Å². The van der Waals surface area contributed by atoms with Gasteiger partial charge in [0, 0.05) is 24.7 Å². The lowest BCUT2D eigenvalue weighted by Crippen LogP contribution is -2.25. The molecule has 0 atom stereocenters. The zero-order chi connectivity index (χ0) is 24.3. The highest BCUT2D eigenvalue weighted by Crippen LogP contribution is 2.19. The van der Waals surface area contributed by atoms with E-state index in [0.29, 0.717) is 29.4 Å². The van der Waals surface area contributed by atoms with Gasteiger partial charge in [-0.05, 0) is 61.0 Å². The fourth-order valence-electron chi connectivity index (χ4n) is 3.07. The molecule has 0 radical (unpaired) electrons. The predicted octanol–water partition coefficient (Wildman–Crippen LogP) is 3.96. The first-order valence-corrected chi connectivity index (χ1v) is 10.7.